The first kappa shape index (κ1) is 27.7. The van der Waals surface area contributed by atoms with E-state index in [1.807, 2.05) is 36.8 Å². The fourth-order valence-electron chi connectivity index (χ4n) is 6.76. The highest BCUT2D eigenvalue weighted by molar-refractivity contribution is 7.80. The number of nitrogens with zero attached hydrogens (tertiary/aromatic N) is 5. The molecule has 0 saturated carbocycles. The molecule has 6 nitrogen and oxygen atoms in total. The second-order valence-electron chi connectivity index (χ2n) is 11.8. The van der Waals surface area contributed by atoms with E-state index in [1.165, 1.54) is 28.9 Å². The summed E-state index contributed by atoms with van der Waals surface area (Å²) in [4.78, 5) is 13.7. The number of nitrogens with one attached hydrogen (secondary N) is 1. The predicted octanol–water partition coefficient (Wildman–Crippen LogP) is 7.26. The first-order chi connectivity index (χ1) is 19.8. The molecule has 1 N–H and O–H groups in total. The van der Waals surface area contributed by atoms with E-state index in [0.717, 1.165) is 41.7 Å². The summed E-state index contributed by atoms with van der Waals surface area (Å²) in [5.41, 5.74) is 7.82. The molecule has 212 valence electrons. The van der Waals surface area contributed by atoms with Crippen LogP contribution in [0.2, 0.25) is 5.02 Å². The van der Waals surface area contributed by atoms with Crippen molar-refractivity contribution in [2.75, 3.05) is 22.9 Å². The van der Waals surface area contributed by atoms with Crippen molar-refractivity contribution < 1.29 is 0 Å². The van der Waals surface area contributed by atoms with Gasteiger partial charge in [-0.25, -0.2) is 0 Å². The lowest BCUT2D eigenvalue weighted by Crippen LogP contribution is -2.38. The molecule has 0 aliphatic carbocycles. The van der Waals surface area contributed by atoms with Crippen LogP contribution in [0.1, 0.15) is 60.6 Å². The fourth-order valence-corrected chi connectivity index (χ4v) is 7.40. The maximum absolute atomic E-state index is 7.03. The van der Waals surface area contributed by atoms with E-state index >= 15 is 0 Å². The fraction of sp³-hybridized carbons (Fsp3) is 0.364. The van der Waals surface area contributed by atoms with Crippen molar-refractivity contribution in [2.45, 2.75) is 52.7 Å². The van der Waals surface area contributed by atoms with Crippen molar-refractivity contribution in [1.29, 1.82) is 0 Å². The number of pyridine rings is 2. The zero-order valence-corrected chi connectivity index (χ0v) is 25.7. The van der Waals surface area contributed by atoms with Crippen LogP contribution in [0.5, 0.6) is 0 Å². The average molecular weight is 585 g/mol. The third-order valence-electron chi connectivity index (χ3n) is 8.51. The summed E-state index contributed by atoms with van der Waals surface area (Å²) in [6.07, 6.45) is 6.85. The molecule has 0 amide bonds. The van der Waals surface area contributed by atoms with Crippen molar-refractivity contribution in [1.82, 2.24) is 19.9 Å². The number of thiocarbonyl (C=S) groups is 1. The van der Waals surface area contributed by atoms with Crippen LogP contribution in [-0.4, -0.2) is 32.7 Å². The van der Waals surface area contributed by atoms with Crippen LogP contribution in [0, 0.1) is 25.7 Å². The van der Waals surface area contributed by atoms with Crippen LogP contribution in [-0.2, 0) is 6.54 Å². The Morgan fingerprint density at radius 2 is 1.80 bits per heavy atom. The predicted molar refractivity (Wildman–Crippen MR) is 172 cm³/mol. The smallest absolute Gasteiger partial charge is 0.174 e. The number of hydrogen-bond donors (Lipinski definition) is 1. The Morgan fingerprint density at radius 1 is 1.00 bits per heavy atom. The van der Waals surface area contributed by atoms with Crippen LogP contribution in [0.15, 0.2) is 73.2 Å². The summed E-state index contributed by atoms with van der Waals surface area (Å²) in [5, 5.41) is 5.04. The molecule has 1 aromatic carbocycles. The summed E-state index contributed by atoms with van der Waals surface area (Å²) in [6, 6.07) is 18.7. The summed E-state index contributed by atoms with van der Waals surface area (Å²) in [5.74, 6) is 1.30. The zero-order valence-electron chi connectivity index (χ0n) is 24.1. The number of benzene rings is 1. The molecule has 41 heavy (non-hydrogen) atoms. The molecule has 5 heterocycles. The van der Waals surface area contributed by atoms with Gasteiger partial charge in [0.2, 0.25) is 0 Å². The lowest BCUT2D eigenvalue weighted by Gasteiger charge is -2.37. The lowest BCUT2D eigenvalue weighted by atomic mass is 9.91. The minimum atomic E-state index is -0.113. The van der Waals surface area contributed by atoms with E-state index in [2.05, 4.69) is 88.8 Å². The molecule has 2 aliphatic heterocycles. The minimum absolute atomic E-state index is 0.0943. The van der Waals surface area contributed by atoms with Gasteiger partial charge in [-0.15, -0.1) is 0 Å². The molecular formula is C33H37ClN6S. The molecule has 0 spiro atoms. The first-order valence-electron chi connectivity index (χ1n) is 14.4. The van der Waals surface area contributed by atoms with Crippen molar-refractivity contribution in [3.8, 4) is 0 Å². The van der Waals surface area contributed by atoms with E-state index in [4.69, 9.17) is 28.8 Å². The van der Waals surface area contributed by atoms with Crippen molar-refractivity contribution in [3.05, 3.63) is 106 Å². The average Bonchev–Trinajstić information content (AvgIpc) is 3.44. The number of aryl methyl sites for hydroxylation is 1. The molecular weight excluding hydrogens is 548 g/mol. The molecule has 4 aromatic rings. The lowest BCUT2D eigenvalue weighted by molar-refractivity contribution is 0.357. The molecule has 6 rings (SSSR count). The van der Waals surface area contributed by atoms with E-state index in [9.17, 15) is 0 Å². The van der Waals surface area contributed by atoms with Crippen LogP contribution < -0.4 is 15.1 Å². The van der Waals surface area contributed by atoms with E-state index < -0.39 is 0 Å². The molecule has 8 heteroatoms. The Bertz CT molecular complexity index is 1530. The van der Waals surface area contributed by atoms with Crippen LogP contribution in [0.25, 0.3) is 0 Å². The van der Waals surface area contributed by atoms with E-state index in [1.54, 1.807) is 0 Å². The highest BCUT2D eigenvalue weighted by atomic mass is 35.5. The van der Waals surface area contributed by atoms with Gasteiger partial charge in [-0.3, -0.25) is 9.97 Å². The van der Waals surface area contributed by atoms with Crippen molar-refractivity contribution >= 4 is 40.3 Å². The van der Waals surface area contributed by atoms with E-state index in [-0.39, 0.29) is 12.1 Å². The monoisotopic (exact) mass is 584 g/mol. The third kappa shape index (κ3) is 5.45. The van der Waals surface area contributed by atoms with Crippen molar-refractivity contribution in [2.24, 2.45) is 11.8 Å². The molecule has 0 unspecified atom stereocenters. The molecule has 2 aliphatic rings. The van der Waals surface area contributed by atoms with Gasteiger partial charge in [0.1, 0.15) is 0 Å². The van der Waals surface area contributed by atoms with Gasteiger partial charge in [0.05, 0.1) is 28.5 Å². The van der Waals surface area contributed by atoms with Gasteiger partial charge in [0, 0.05) is 55.3 Å². The van der Waals surface area contributed by atoms with Crippen LogP contribution >= 0.6 is 23.8 Å². The van der Waals surface area contributed by atoms with Gasteiger partial charge in [-0.05, 0) is 97.9 Å². The number of piperidine rings is 1. The Hall–Kier alpha value is -3.42. The topological polar surface area (TPSA) is 49.2 Å². The standard InChI is InChI=1S/C33H37ClN6S/c1-21-14-22(2)19-38(18-21)30-11-10-26(16-28(30)34)40-32(31(37-33(40)41)29-9-5-6-13-36-29)27-15-23(3)39(24(27)4)20-25-8-7-12-35-17-25/h5-13,15-17,21-22,31-32H,14,18-20H2,1-4H3,(H,37,41)/t21-,22+,31-,32-/m1/s1. The maximum Gasteiger partial charge on any atom is 0.174 e. The SMILES string of the molecule is Cc1cc([C@@H]2[C@@H](c3ccccn3)NC(=S)N2c2ccc(N3C[C@H](C)C[C@H](C)C3)c(Cl)c2)c(C)n1Cc1cccnc1. The van der Waals surface area contributed by atoms with Crippen molar-refractivity contribution in [3.63, 3.8) is 0 Å². The van der Waals surface area contributed by atoms with Gasteiger partial charge in [0.15, 0.2) is 5.11 Å². The molecule has 2 fully saturated rings. The number of rotatable bonds is 6. The number of anilines is 2. The molecule has 0 radical (unpaired) electrons. The van der Waals surface area contributed by atoms with Crippen LogP contribution in [0.3, 0.4) is 0 Å². The van der Waals surface area contributed by atoms with Gasteiger partial charge >= 0.3 is 0 Å². The summed E-state index contributed by atoms with van der Waals surface area (Å²) >= 11 is 13.0. The number of aromatic nitrogens is 3. The highest BCUT2D eigenvalue weighted by Crippen LogP contribution is 2.45. The largest absolute Gasteiger partial charge is 0.370 e. The number of halogens is 1. The molecule has 2 saturated heterocycles. The highest BCUT2D eigenvalue weighted by Gasteiger charge is 2.42. The van der Waals surface area contributed by atoms with Gasteiger partial charge in [-0.2, -0.15) is 0 Å². The second-order valence-corrected chi connectivity index (χ2v) is 12.6. The van der Waals surface area contributed by atoms with Gasteiger partial charge < -0.3 is 19.7 Å². The second kappa shape index (κ2) is 11.5. The van der Waals surface area contributed by atoms with Gasteiger partial charge in [0.25, 0.3) is 0 Å². The first-order valence-corrected chi connectivity index (χ1v) is 15.2. The van der Waals surface area contributed by atoms with E-state index in [0.29, 0.717) is 16.9 Å². The molecule has 4 atom stereocenters. The zero-order chi connectivity index (χ0) is 28.7. The minimum Gasteiger partial charge on any atom is -0.370 e. The normalized spacial score (nSPS) is 22.7. The Kier molecular flexibility index (Phi) is 7.75. The summed E-state index contributed by atoms with van der Waals surface area (Å²) in [6.45, 7) is 11.8. The summed E-state index contributed by atoms with van der Waals surface area (Å²) in [7, 11) is 0. The maximum atomic E-state index is 7.03. The molecule has 3 aromatic heterocycles. The Balaban J connectivity index is 1.40. The summed E-state index contributed by atoms with van der Waals surface area (Å²) < 4.78 is 2.36. The van der Waals surface area contributed by atoms with Gasteiger partial charge in [-0.1, -0.05) is 37.6 Å². The Labute approximate surface area is 253 Å². The molecule has 0 bridgehead atoms. The Morgan fingerprint density at radius 3 is 2.49 bits per heavy atom. The van der Waals surface area contributed by atoms with Crippen LogP contribution in [0.4, 0.5) is 11.4 Å². The number of hydrogen-bond acceptors (Lipinski definition) is 4. The third-order valence-corrected chi connectivity index (χ3v) is 9.13. The quantitative estimate of drug-likeness (QED) is 0.241.